The van der Waals surface area contributed by atoms with Crippen molar-refractivity contribution in [3.63, 3.8) is 0 Å². The summed E-state index contributed by atoms with van der Waals surface area (Å²) in [6.45, 7) is 3.86. The molecule has 21 heavy (non-hydrogen) atoms. The standard InChI is InChI=1S/C16H15NO3S/c1-11(14-7-2-3-8-15(14)19)21-10-16(20)17-12-5-4-6-13(18)9-12/h2-9,18-19H,1,10H2,(H,17,20). The van der Waals surface area contributed by atoms with Gasteiger partial charge in [0.2, 0.25) is 5.91 Å². The second kappa shape index (κ2) is 6.85. The predicted molar refractivity (Wildman–Crippen MR) is 86.3 cm³/mol. The van der Waals surface area contributed by atoms with Crippen LogP contribution < -0.4 is 5.32 Å². The number of hydrogen-bond donors (Lipinski definition) is 3. The average Bonchev–Trinajstić information content (AvgIpc) is 2.45. The lowest BCUT2D eigenvalue weighted by molar-refractivity contribution is -0.113. The van der Waals surface area contributed by atoms with Crippen molar-refractivity contribution in [3.05, 3.63) is 60.7 Å². The molecular formula is C16H15NO3S. The van der Waals surface area contributed by atoms with Gasteiger partial charge in [0.25, 0.3) is 0 Å². The number of nitrogens with one attached hydrogen (secondary N) is 1. The van der Waals surface area contributed by atoms with Crippen LogP contribution in [0.15, 0.2) is 55.1 Å². The molecule has 0 spiro atoms. The fourth-order valence-corrected chi connectivity index (χ4v) is 2.43. The first-order valence-electron chi connectivity index (χ1n) is 6.25. The summed E-state index contributed by atoms with van der Waals surface area (Å²) in [7, 11) is 0. The molecule has 0 heterocycles. The summed E-state index contributed by atoms with van der Waals surface area (Å²) in [6, 6.07) is 13.2. The zero-order chi connectivity index (χ0) is 15.2. The Bertz CT molecular complexity index is 670. The monoisotopic (exact) mass is 301 g/mol. The minimum absolute atomic E-state index is 0.0964. The van der Waals surface area contributed by atoms with Gasteiger partial charge in [-0.05, 0) is 18.2 Å². The molecule has 5 heteroatoms. The molecule has 0 atom stereocenters. The molecule has 0 bridgehead atoms. The summed E-state index contributed by atoms with van der Waals surface area (Å²) < 4.78 is 0. The van der Waals surface area contributed by atoms with Crippen molar-refractivity contribution < 1.29 is 15.0 Å². The van der Waals surface area contributed by atoms with Gasteiger partial charge in [-0.2, -0.15) is 0 Å². The van der Waals surface area contributed by atoms with Gasteiger partial charge in [-0.25, -0.2) is 0 Å². The van der Waals surface area contributed by atoms with E-state index in [0.717, 1.165) is 0 Å². The smallest absolute Gasteiger partial charge is 0.234 e. The highest BCUT2D eigenvalue weighted by Gasteiger charge is 2.08. The molecule has 0 saturated heterocycles. The van der Waals surface area contributed by atoms with Crippen LogP contribution in [0, 0.1) is 0 Å². The summed E-state index contributed by atoms with van der Waals surface area (Å²) in [5.74, 6) is 0.202. The number of aromatic hydroxyl groups is 2. The van der Waals surface area contributed by atoms with Crippen molar-refractivity contribution in [3.8, 4) is 11.5 Å². The molecule has 0 unspecified atom stereocenters. The van der Waals surface area contributed by atoms with E-state index in [1.165, 1.54) is 23.9 Å². The van der Waals surface area contributed by atoms with E-state index in [1.54, 1.807) is 36.4 Å². The second-order valence-electron chi connectivity index (χ2n) is 4.33. The van der Waals surface area contributed by atoms with E-state index in [9.17, 15) is 15.0 Å². The van der Waals surface area contributed by atoms with Crippen molar-refractivity contribution in [2.75, 3.05) is 11.1 Å². The first-order chi connectivity index (χ1) is 10.1. The third-order valence-electron chi connectivity index (χ3n) is 2.71. The summed E-state index contributed by atoms with van der Waals surface area (Å²) >= 11 is 1.25. The van der Waals surface area contributed by atoms with Crippen molar-refractivity contribution in [1.29, 1.82) is 0 Å². The molecule has 1 amide bonds. The number of phenols is 2. The quantitative estimate of drug-likeness (QED) is 0.791. The highest BCUT2D eigenvalue weighted by atomic mass is 32.2. The summed E-state index contributed by atoms with van der Waals surface area (Å²) in [4.78, 5) is 12.5. The van der Waals surface area contributed by atoms with Gasteiger partial charge in [-0.3, -0.25) is 4.79 Å². The molecule has 4 nitrogen and oxygen atoms in total. The molecule has 0 aromatic heterocycles. The molecule has 3 N–H and O–H groups in total. The van der Waals surface area contributed by atoms with Crippen LogP contribution in [-0.2, 0) is 4.79 Å². The Morgan fingerprint density at radius 2 is 1.90 bits per heavy atom. The number of carbonyl (C=O) groups is 1. The van der Waals surface area contributed by atoms with Crippen molar-refractivity contribution in [2.24, 2.45) is 0 Å². The van der Waals surface area contributed by atoms with E-state index < -0.39 is 0 Å². The van der Waals surface area contributed by atoms with Crippen molar-refractivity contribution in [1.82, 2.24) is 0 Å². The Kier molecular flexibility index (Phi) is 4.90. The number of phenolic OH excluding ortho intramolecular Hbond substituents is 2. The third kappa shape index (κ3) is 4.29. The first-order valence-corrected chi connectivity index (χ1v) is 7.24. The van der Waals surface area contributed by atoms with Gasteiger partial charge in [0, 0.05) is 22.2 Å². The maximum atomic E-state index is 11.8. The summed E-state index contributed by atoms with van der Waals surface area (Å²) in [5, 5.41) is 21.7. The van der Waals surface area contributed by atoms with Crippen LogP contribution in [0.25, 0.3) is 4.91 Å². The van der Waals surface area contributed by atoms with Crippen LogP contribution in [0.5, 0.6) is 11.5 Å². The molecule has 0 saturated carbocycles. The Morgan fingerprint density at radius 3 is 2.62 bits per heavy atom. The van der Waals surface area contributed by atoms with E-state index in [-0.39, 0.29) is 23.2 Å². The van der Waals surface area contributed by atoms with Crippen LogP contribution in [0.2, 0.25) is 0 Å². The average molecular weight is 301 g/mol. The van der Waals surface area contributed by atoms with Gasteiger partial charge >= 0.3 is 0 Å². The van der Waals surface area contributed by atoms with E-state index in [4.69, 9.17) is 0 Å². The van der Waals surface area contributed by atoms with Gasteiger partial charge < -0.3 is 15.5 Å². The van der Waals surface area contributed by atoms with Crippen molar-refractivity contribution >= 4 is 28.3 Å². The lowest BCUT2D eigenvalue weighted by atomic mass is 10.2. The number of anilines is 1. The topological polar surface area (TPSA) is 69.6 Å². The highest BCUT2D eigenvalue weighted by Crippen LogP contribution is 2.31. The molecule has 2 rings (SSSR count). The van der Waals surface area contributed by atoms with Crippen LogP contribution in [0.3, 0.4) is 0 Å². The van der Waals surface area contributed by atoms with Crippen LogP contribution in [0.1, 0.15) is 5.56 Å². The lowest BCUT2D eigenvalue weighted by Crippen LogP contribution is -2.13. The molecule has 0 aliphatic rings. The zero-order valence-corrected chi connectivity index (χ0v) is 12.1. The number of carbonyl (C=O) groups excluding carboxylic acids is 1. The highest BCUT2D eigenvalue weighted by molar-refractivity contribution is 8.08. The molecule has 108 valence electrons. The SMILES string of the molecule is C=C(SCC(=O)Nc1cccc(O)c1)c1ccccc1O. The van der Waals surface area contributed by atoms with Crippen LogP contribution in [-0.4, -0.2) is 21.9 Å². The van der Waals surface area contributed by atoms with Gasteiger partial charge in [0.05, 0.1) is 5.75 Å². The number of benzene rings is 2. The molecule has 0 radical (unpaired) electrons. The predicted octanol–water partition coefficient (Wildman–Crippen LogP) is 3.44. The summed E-state index contributed by atoms with van der Waals surface area (Å²) in [6.07, 6.45) is 0. The Labute approximate surface area is 127 Å². The van der Waals surface area contributed by atoms with Gasteiger partial charge in [-0.15, -0.1) is 11.8 Å². The number of para-hydroxylation sites is 1. The van der Waals surface area contributed by atoms with Gasteiger partial charge in [0.1, 0.15) is 11.5 Å². The van der Waals surface area contributed by atoms with Crippen LogP contribution in [0.4, 0.5) is 5.69 Å². The Balaban J connectivity index is 1.90. The maximum Gasteiger partial charge on any atom is 0.234 e. The number of rotatable bonds is 5. The largest absolute Gasteiger partial charge is 0.508 e. The minimum atomic E-state index is -0.206. The molecule has 2 aromatic rings. The van der Waals surface area contributed by atoms with E-state index in [0.29, 0.717) is 16.2 Å². The fourth-order valence-electron chi connectivity index (χ4n) is 1.72. The molecular weight excluding hydrogens is 286 g/mol. The number of thioether (sulfide) groups is 1. The molecule has 0 fully saturated rings. The molecule has 2 aromatic carbocycles. The minimum Gasteiger partial charge on any atom is -0.508 e. The van der Waals surface area contributed by atoms with E-state index in [2.05, 4.69) is 11.9 Å². The molecule has 0 aliphatic carbocycles. The van der Waals surface area contributed by atoms with Crippen molar-refractivity contribution in [2.45, 2.75) is 0 Å². The summed E-state index contributed by atoms with van der Waals surface area (Å²) in [5.41, 5.74) is 1.15. The Morgan fingerprint density at radius 1 is 1.14 bits per heavy atom. The Hall–Kier alpha value is -2.40. The maximum absolute atomic E-state index is 11.8. The van der Waals surface area contributed by atoms with E-state index in [1.807, 2.05) is 0 Å². The second-order valence-corrected chi connectivity index (χ2v) is 5.40. The van der Waals surface area contributed by atoms with Gasteiger partial charge in [0.15, 0.2) is 0 Å². The third-order valence-corrected chi connectivity index (χ3v) is 3.69. The zero-order valence-electron chi connectivity index (χ0n) is 11.2. The van der Waals surface area contributed by atoms with Crippen LogP contribution >= 0.6 is 11.8 Å². The van der Waals surface area contributed by atoms with Gasteiger partial charge in [-0.1, -0.05) is 30.8 Å². The normalized spacial score (nSPS) is 10.1. The lowest BCUT2D eigenvalue weighted by Gasteiger charge is -2.08. The van der Waals surface area contributed by atoms with E-state index >= 15 is 0 Å². The number of amides is 1. The first kappa shape index (κ1) is 15.0. The number of hydrogen-bond acceptors (Lipinski definition) is 4. The molecule has 0 aliphatic heterocycles. The fraction of sp³-hybridized carbons (Fsp3) is 0.0625.